The van der Waals surface area contributed by atoms with Crippen LogP contribution in [0.15, 0.2) is 18.2 Å². The Morgan fingerprint density at radius 2 is 1.89 bits per heavy atom. The quantitative estimate of drug-likeness (QED) is 0.827. The molecule has 98 valence electrons. The number of nitrogens with zero attached hydrogens (tertiary/aromatic N) is 1. The molecular weight excluding hydrogens is 226 g/mol. The molecule has 0 spiro atoms. The second kappa shape index (κ2) is 5.11. The predicted molar refractivity (Wildman–Crippen MR) is 71.7 cm³/mol. The third kappa shape index (κ3) is 2.56. The SMILES string of the molecule is Cc1cc(C)cc(C(=O)N2CCC[C@@H](O)[C@H]2C)c1. The number of hydrogen-bond donors (Lipinski definition) is 1. The standard InChI is InChI=1S/C15H21NO2/c1-10-7-11(2)9-13(8-10)15(18)16-6-4-5-14(17)12(16)3/h7-9,12,14,17H,4-6H2,1-3H3/t12-,14-/m1/s1. The Bertz CT molecular complexity index is 436. The minimum absolute atomic E-state index is 0.0352. The molecule has 18 heavy (non-hydrogen) atoms. The molecule has 1 aliphatic rings. The number of hydrogen-bond acceptors (Lipinski definition) is 2. The minimum atomic E-state index is -0.395. The molecule has 1 saturated heterocycles. The summed E-state index contributed by atoms with van der Waals surface area (Å²) in [5.74, 6) is 0.0352. The van der Waals surface area contributed by atoms with Crippen LogP contribution in [0.4, 0.5) is 0 Å². The highest BCUT2D eigenvalue weighted by molar-refractivity contribution is 5.95. The van der Waals surface area contributed by atoms with Gasteiger partial charge in [0.05, 0.1) is 12.1 Å². The molecule has 1 fully saturated rings. The van der Waals surface area contributed by atoms with Crippen LogP contribution >= 0.6 is 0 Å². The third-order valence-corrected chi connectivity index (χ3v) is 3.68. The number of amides is 1. The molecule has 3 heteroatoms. The van der Waals surface area contributed by atoms with Gasteiger partial charge in [-0.15, -0.1) is 0 Å². The van der Waals surface area contributed by atoms with Crippen LogP contribution in [0.2, 0.25) is 0 Å². The number of benzene rings is 1. The molecule has 1 amide bonds. The number of piperidine rings is 1. The van der Waals surface area contributed by atoms with E-state index in [1.54, 1.807) is 4.90 Å². The van der Waals surface area contributed by atoms with Crippen molar-refractivity contribution in [1.82, 2.24) is 4.90 Å². The molecule has 2 rings (SSSR count). The van der Waals surface area contributed by atoms with E-state index in [9.17, 15) is 9.90 Å². The van der Waals surface area contributed by atoms with Crippen LogP contribution in [0.25, 0.3) is 0 Å². The zero-order valence-electron chi connectivity index (χ0n) is 11.3. The number of rotatable bonds is 1. The molecule has 1 aromatic rings. The van der Waals surface area contributed by atoms with Crippen LogP contribution in [0, 0.1) is 13.8 Å². The molecule has 2 atom stereocenters. The van der Waals surface area contributed by atoms with Crippen molar-refractivity contribution >= 4 is 5.91 Å². The molecule has 1 aromatic carbocycles. The van der Waals surface area contributed by atoms with Gasteiger partial charge in [0.1, 0.15) is 0 Å². The van der Waals surface area contributed by atoms with Gasteiger partial charge >= 0.3 is 0 Å². The van der Waals surface area contributed by atoms with Gasteiger partial charge in [0.2, 0.25) is 0 Å². The van der Waals surface area contributed by atoms with E-state index in [2.05, 4.69) is 6.07 Å². The van der Waals surface area contributed by atoms with E-state index >= 15 is 0 Å². The number of likely N-dealkylation sites (tertiary alicyclic amines) is 1. The maximum atomic E-state index is 12.5. The van der Waals surface area contributed by atoms with Gasteiger partial charge < -0.3 is 10.0 Å². The van der Waals surface area contributed by atoms with Crippen LogP contribution < -0.4 is 0 Å². The molecule has 1 heterocycles. The molecule has 0 bridgehead atoms. The first-order chi connectivity index (χ1) is 8.49. The van der Waals surface area contributed by atoms with Crippen molar-refractivity contribution < 1.29 is 9.90 Å². The van der Waals surface area contributed by atoms with Gasteiger partial charge in [0, 0.05) is 12.1 Å². The highest BCUT2D eigenvalue weighted by Crippen LogP contribution is 2.20. The Labute approximate surface area is 108 Å². The number of aliphatic hydroxyl groups excluding tert-OH is 1. The summed E-state index contributed by atoms with van der Waals surface area (Å²) in [6, 6.07) is 5.81. The molecule has 0 radical (unpaired) electrons. The summed E-state index contributed by atoms with van der Waals surface area (Å²) in [7, 11) is 0. The zero-order chi connectivity index (χ0) is 13.3. The summed E-state index contributed by atoms with van der Waals surface area (Å²) in [6.45, 7) is 6.66. The van der Waals surface area contributed by atoms with E-state index in [0.29, 0.717) is 0 Å². The van der Waals surface area contributed by atoms with E-state index < -0.39 is 6.10 Å². The Balaban J connectivity index is 2.24. The van der Waals surface area contributed by atoms with Crippen LogP contribution in [0.3, 0.4) is 0 Å². The monoisotopic (exact) mass is 247 g/mol. The first-order valence-electron chi connectivity index (χ1n) is 6.56. The highest BCUT2D eigenvalue weighted by Gasteiger charge is 2.30. The van der Waals surface area contributed by atoms with Gasteiger partial charge in [0.25, 0.3) is 5.91 Å². The molecule has 3 nitrogen and oxygen atoms in total. The van der Waals surface area contributed by atoms with Crippen molar-refractivity contribution in [3.8, 4) is 0 Å². The summed E-state index contributed by atoms with van der Waals surface area (Å²) in [6.07, 6.45) is 1.27. The fraction of sp³-hybridized carbons (Fsp3) is 0.533. The van der Waals surface area contributed by atoms with Crippen molar-refractivity contribution in [2.45, 2.75) is 45.8 Å². The van der Waals surface area contributed by atoms with E-state index in [0.717, 1.165) is 36.1 Å². The van der Waals surface area contributed by atoms with Crippen molar-refractivity contribution in [1.29, 1.82) is 0 Å². The highest BCUT2D eigenvalue weighted by atomic mass is 16.3. The average Bonchev–Trinajstić information content (AvgIpc) is 2.30. The fourth-order valence-corrected chi connectivity index (χ4v) is 2.67. The lowest BCUT2D eigenvalue weighted by atomic mass is 9.98. The second-order valence-corrected chi connectivity index (χ2v) is 5.33. The molecule has 0 aromatic heterocycles. The minimum Gasteiger partial charge on any atom is -0.391 e. The number of carbonyl (C=O) groups excluding carboxylic acids is 1. The Hall–Kier alpha value is -1.35. The predicted octanol–water partition coefficient (Wildman–Crippen LogP) is 2.29. The molecule has 0 aliphatic carbocycles. The van der Waals surface area contributed by atoms with Crippen molar-refractivity contribution in [2.24, 2.45) is 0 Å². The Morgan fingerprint density at radius 3 is 2.50 bits per heavy atom. The van der Waals surface area contributed by atoms with Crippen molar-refractivity contribution in [3.05, 3.63) is 34.9 Å². The van der Waals surface area contributed by atoms with Crippen LogP contribution in [0.1, 0.15) is 41.3 Å². The van der Waals surface area contributed by atoms with E-state index in [1.165, 1.54) is 0 Å². The van der Waals surface area contributed by atoms with Gasteiger partial charge in [-0.25, -0.2) is 0 Å². The molecular formula is C15H21NO2. The normalized spacial score (nSPS) is 24.1. The van der Waals surface area contributed by atoms with E-state index in [4.69, 9.17) is 0 Å². The lowest BCUT2D eigenvalue weighted by Gasteiger charge is -2.37. The number of aryl methyl sites for hydroxylation is 2. The average molecular weight is 247 g/mol. The molecule has 0 saturated carbocycles. The first-order valence-corrected chi connectivity index (χ1v) is 6.56. The van der Waals surface area contributed by atoms with Crippen LogP contribution in [-0.4, -0.2) is 34.6 Å². The Morgan fingerprint density at radius 1 is 1.28 bits per heavy atom. The van der Waals surface area contributed by atoms with E-state index in [1.807, 2.05) is 32.9 Å². The van der Waals surface area contributed by atoms with Crippen LogP contribution in [0.5, 0.6) is 0 Å². The summed E-state index contributed by atoms with van der Waals surface area (Å²) in [5, 5.41) is 9.86. The third-order valence-electron chi connectivity index (χ3n) is 3.68. The molecule has 0 unspecified atom stereocenters. The largest absolute Gasteiger partial charge is 0.391 e. The lowest BCUT2D eigenvalue weighted by molar-refractivity contribution is 0.0180. The number of carbonyl (C=O) groups is 1. The van der Waals surface area contributed by atoms with E-state index in [-0.39, 0.29) is 11.9 Å². The van der Waals surface area contributed by atoms with Gasteiger partial charge in [-0.05, 0) is 45.7 Å². The Kier molecular flexibility index (Phi) is 3.71. The maximum absolute atomic E-state index is 12.5. The summed E-state index contributed by atoms with van der Waals surface area (Å²) in [5.41, 5.74) is 2.93. The van der Waals surface area contributed by atoms with Gasteiger partial charge in [-0.2, -0.15) is 0 Å². The summed E-state index contributed by atoms with van der Waals surface area (Å²) in [4.78, 5) is 14.3. The van der Waals surface area contributed by atoms with Crippen molar-refractivity contribution in [2.75, 3.05) is 6.54 Å². The topological polar surface area (TPSA) is 40.5 Å². The summed E-state index contributed by atoms with van der Waals surface area (Å²) >= 11 is 0. The second-order valence-electron chi connectivity index (χ2n) is 5.33. The van der Waals surface area contributed by atoms with Crippen molar-refractivity contribution in [3.63, 3.8) is 0 Å². The van der Waals surface area contributed by atoms with Gasteiger partial charge in [-0.1, -0.05) is 17.2 Å². The first kappa shape index (κ1) is 13.1. The summed E-state index contributed by atoms with van der Waals surface area (Å²) < 4.78 is 0. The number of aliphatic hydroxyl groups is 1. The molecule has 1 aliphatic heterocycles. The van der Waals surface area contributed by atoms with Gasteiger partial charge in [-0.3, -0.25) is 4.79 Å². The zero-order valence-corrected chi connectivity index (χ0v) is 11.3. The van der Waals surface area contributed by atoms with Gasteiger partial charge in [0.15, 0.2) is 0 Å². The molecule has 1 N–H and O–H groups in total. The lowest BCUT2D eigenvalue weighted by Crippen LogP contribution is -2.49. The maximum Gasteiger partial charge on any atom is 0.254 e. The van der Waals surface area contributed by atoms with Crippen LogP contribution in [-0.2, 0) is 0 Å². The smallest absolute Gasteiger partial charge is 0.254 e. The fourth-order valence-electron chi connectivity index (χ4n) is 2.67.